The Morgan fingerprint density at radius 1 is 1.19 bits per heavy atom. The van der Waals surface area contributed by atoms with Crippen LogP contribution in [0.15, 0.2) is 42.5 Å². The number of aromatic nitrogens is 1. The van der Waals surface area contributed by atoms with Crippen LogP contribution in [-0.4, -0.2) is 72.5 Å². The van der Waals surface area contributed by atoms with Crippen LogP contribution < -0.4 is 10.1 Å². The fourth-order valence-corrected chi connectivity index (χ4v) is 3.65. The fourth-order valence-electron chi connectivity index (χ4n) is 3.65. The maximum atomic E-state index is 13.0. The number of fused-ring (bicyclic) bond motifs is 1. The average molecular weight is 366 g/mol. The molecule has 0 radical (unpaired) electrons. The predicted molar refractivity (Wildman–Crippen MR) is 100 cm³/mol. The van der Waals surface area contributed by atoms with Gasteiger partial charge >= 0.3 is 0 Å². The number of carbonyl (C=O) groups is 2. The van der Waals surface area contributed by atoms with Gasteiger partial charge in [-0.1, -0.05) is 18.2 Å². The summed E-state index contributed by atoms with van der Waals surface area (Å²) >= 11 is 0. The van der Waals surface area contributed by atoms with E-state index in [-0.39, 0.29) is 17.9 Å². The van der Waals surface area contributed by atoms with Crippen LogP contribution in [0.1, 0.15) is 10.4 Å². The molecule has 2 aliphatic heterocycles. The quantitative estimate of drug-likeness (QED) is 0.878. The second-order valence-electron chi connectivity index (χ2n) is 6.74. The summed E-state index contributed by atoms with van der Waals surface area (Å²) < 4.78 is 5.18. The van der Waals surface area contributed by atoms with Crippen molar-refractivity contribution in [1.82, 2.24) is 20.1 Å². The minimum Gasteiger partial charge on any atom is -0.481 e. The van der Waals surface area contributed by atoms with Crippen molar-refractivity contribution in [2.75, 3.05) is 39.8 Å². The highest BCUT2D eigenvalue weighted by atomic mass is 16.5. The molecule has 2 saturated heterocycles. The molecule has 2 aromatic rings. The molecule has 0 saturated carbocycles. The van der Waals surface area contributed by atoms with Crippen LogP contribution >= 0.6 is 0 Å². The number of pyridine rings is 1. The third kappa shape index (κ3) is 3.50. The zero-order valence-electron chi connectivity index (χ0n) is 15.2. The molecule has 2 amide bonds. The third-order valence-corrected chi connectivity index (χ3v) is 5.12. The van der Waals surface area contributed by atoms with Crippen molar-refractivity contribution in [2.45, 2.75) is 6.04 Å². The molecule has 0 aliphatic carbocycles. The van der Waals surface area contributed by atoms with Crippen molar-refractivity contribution < 1.29 is 14.3 Å². The topological polar surface area (TPSA) is 74.8 Å². The predicted octanol–water partition coefficient (Wildman–Crippen LogP) is 1.01. The van der Waals surface area contributed by atoms with E-state index in [1.54, 1.807) is 24.1 Å². The number of hydrogen-bond acceptors (Lipinski definition) is 5. The zero-order valence-corrected chi connectivity index (χ0v) is 15.2. The maximum absolute atomic E-state index is 13.0. The zero-order chi connectivity index (χ0) is 18.8. The molecule has 1 aromatic heterocycles. The fraction of sp³-hybridized carbons (Fsp3) is 0.350. The Bertz CT molecular complexity index is 870. The molecular formula is C20H22N4O3. The first-order valence-corrected chi connectivity index (χ1v) is 9.08. The van der Waals surface area contributed by atoms with E-state index < -0.39 is 0 Å². The summed E-state index contributed by atoms with van der Waals surface area (Å²) in [6.07, 6.45) is 0. The highest BCUT2D eigenvalue weighted by Crippen LogP contribution is 2.22. The number of amides is 2. The van der Waals surface area contributed by atoms with E-state index in [1.807, 2.05) is 30.3 Å². The highest BCUT2D eigenvalue weighted by Gasteiger charge is 2.36. The lowest BCUT2D eigenvalue weighted by Gasteiger charge is -2.43. The molecule has 27 heavy (non-hydrogen) atoms. The number of piperazine rings is 2. The van der Waals surface area contributed by atoms with Gasteiger partial charge in [0.1, 0.15) is 6.04 Å². The van der Waals surface area contributed by atoms with Gasteiger partial charge in [0.25, 0.3) is 5.91 Å². The Morgan fingerprint density at radius 2 is 2.04 bits per heavy atom. The van der Waals surface area contributed by atoms with Gasteiger partial charge in [-0.25, -0.2) is 4.98 Å². The first kappa shape index (κ1) is 17.5. The normalized spacial score (nSPS) is 20.0. The molecule has 2 fully saturated rings. The second kappa shape index (κ2) is 7.36. The second-order valence-corrected chi connectivity index (χ2v) is 6.74. The molecule has 140 valence electrons. The summed E-state index contributed by atoms with van der Waals surface area (Å²) in [5.41, 5.74) is 2.20. The van der Waals surface area contributed by atoms with Crippen LogP contribution in [-0.2, 0) is 4.79 Å². The molecule has 3 heterocycles. The van der Waals surface area contributed by atoms with Crippen molar-refractivity contribution in [3.8, 4) is 17.1 Å². The molecule has 1 atom stereocenters. The first-order valence-electron chi connectivity index (χ1n) is 9.08. The Labute approximate surface area is 157 Å². The lowest BCUT2D eigenvalue weighted by Crippen LogP contribution is -2.64. The van der Waals surface area contributed by atoms with Crippen LogP contribution in [0.2, 0.25) is 0 Å². The Balaban J connectivity index is 1.55. The van der Waals surface area contributed by atoms with Crippen molar-refractivity contribution in [1.29, 1.82) is 0 Å². The van der Waals surface area contributed by atoms with E-state index in [0.29, 0.717) is 31.1 Å². The molecule has 0 spiro atoms. The molecular weight excluding hydrogens is 344 g/mol. The average Bonchev–Trinajstić information content (AvgIpc) is 2.73. The number of carbonyl (C=O) groups excluding carboxylic acids is 2. The Morgan fingerprint density at radius 3 is 2.89 bits per heavy atom. The van der Waals surface area contributed by atoms with E-state index in [0.717, 1.165) is 24.3 Å². The molecule has 1 aromatic carbocycles. The lowest BCUT2D eigenvalue weighted by molar-refractivity contribution is -0.131. The third-order valence-electron chi connectivity index (χ3n) is 5.12. The summed E-state index contributed by atoms with van der Waals surface area (Å²) in [5, 5.41) is 2.88. The smallest absolute Gasteiger partial charge is 0.253 e. The van der Waals surface area contributed by atoms with E-state index in [4.69, 9.17) is 4.74 Å². The lowest BCUT2D eigenvalue weighted by atomic mass is 10.0. The summed E-state index contributed by atoms with van der Waals surface area (Å²) in [6.45, 7) is 3.30. The minimum absolute atomic E-state index is 0.00748. The molecule has 1 N–H and O–H groups in total. The number of benzene rings is 1. The van der Waals surface area contributed by atoms with E-state index in [9.17, 15) is 9.59 Å². The van der Waals surface area contributed by atoms with Gasteiger partial charge in [0, 0.05) is 49.9 Å². The number of nitrogens with zero attached hydrogens (tertiary/aromatic N) is 3. The van der Waals surface area contributed by atoms with Crippen LogP contribution in [0.4, 0.5) is 0 Å². The van der Waals surface area contributed by atoms with E-state index >= 15 is 0 Å². The Hall–Kier alpha value is -2.93. The number of methoxy groups -OCH3 is 1. The number of nitrogens with one attached hydrogen (secondary N) is 1. The number of ether oxygens (including phenoxy) is 1. The van der Waals surface area contributed by atoms with Gasteiger partial charge in [-0.05, 0) is 18.2 Å². The Kier molecular flexibility index (Phi) is 4.77. The molecule has 0 unspecified atom stereocenters. The van der Waals surface area contributed by atoms with Crippen molar-refractivity contribution >= 4 is 11.8 Å². The van der Waals surface area contributed by atoms with Crippen LogP contribution in [0.3, 0.4) is 0 Å². The van der Waals surface area contributed by atoms with Gasteiger partial charge in [-0.15, -0.1) is 0 Å². The SMILES string of the molecule is COc1cccc(-c2cccc(C(=O)N3CCN4CCNC(=O)[C@@H]4C3)c2)n1. The van der Waals surface area contributed by atoms with Gasteiger partial charge in [-0.2, -0.15) is 0 Å². The van der Waals surface area contributed by atoms with E-state index in [1.165, 1.54) is 0 Å². The van der Waals surface area contributed by atoms with E-state index in [2.05, 4.69) is 15.2 Å². The van der Waals surface area contributed by atoms with Gasteiger partial charge < -0.3 is 15.0 Å². The van der Waals surface area contributed by atoms with Crippen LogP contribution in [0, 0.1) is 0 Å². The number of rotatable bonds is 3. The molecule has 4 rings (SSSR count). The van der Waals surface area contributed by atoms with Crippen molar-refractivity contribution in [3.05, 3.63) is 48.0 Å². The molecule has 2 aliphatic rings. The number of hydrogen-bond donors (Lipinski definition) is 1. The molecule has 7 nitrogen and oxygen atoms in total. The van der Waals surface area contributed by atoms with Gasteiger partial charge in [0.2, 0.25) is 11.8 Å². The summed E-state index contributed by atoms with van der Waals surface area (Å²) in [6, 6.07) is 12.7. The molecule has 7 heteroatoms. The summed E-state index contributed by atoms with van der Waals surface area (Å²) in [5.74, 6) is 0.481. The highest BCUT2D eigenvalue weighted by molar-refractivity contribution is 5.96. The van der Waals surface area contributed by atoms with Gasteiger partial charge in [0.15, 0.2) is 0 Å². The summed E-state index contributed by atoms with van der Waals surface area (Å²) in [4.78, 5) is 33.5. The van der Waals surface area contributed by atoms with Crippen molar-refractivity contribution in [2.24, 2.45) is 0 Å². The minimum atomic E-state index is -0.250. The standard InChI is InChI=1S/C20H22N4O3/c1-27-18-7-3-6-16(22-18)14-4-2-5-15(12-14)20(26)24-11-10-23-9-8-21-19(25)17(23)13-24/h2-7,12,17H,8-11,13H2,1H3,(H,21,25)/t17-/m0/s1. The maximum Gasteiger partial charge on any atom is 0.253 e. The van der Waals surface area contributed by atoms with Gasteiger partial charge in [0.05, 0.1) is 12.8 Å². The first-order chi connectivity index (χ1) is 13.2. The van der Waals surface area contributed by atoms with Crippen LogP contribution in [0.5, 0.6) is 5.88 Å². The molecule has 0 bridgehead atoms. The summed E-state index contributed by atoms with van der Waals surface area (Å²) in [7, 11) is 1.58. The van der Waals surface area contributed by atoms with Crippen molar-refractivity contribution in [3.63, 3.8) is 0 Å². The van der Waals surface area contributed by atoms with Gasteiger partial charge in [-0.3, -0.25) is 14.5 Å². The largest absolute Gasteiger partial charge is 0.481 e. The van der Waals surface area contributed by atoms with Crippen LogP contribution in [0.25, 0.3) is 11.3 Å². The monoisotopic (exact) mass is 366 g/mol.